The average molecular weight is 303 g/mol. The summed E-state index contributed by atoms with van der Waals surface area (Å²) < 4.78 is 3.95. The first kappa shape index (κ1) is 15.2. The van der Waals surface area contributed by atoms with Gasteiger partial charge < -0.3 is 10.0 Å². The monoisotopic (exact) mass is 303 g/mol. The number of nitrogens with zero attached hydrogens (tertiary/aromatic N) is 5. The lowest BCUT2D eigenvalue weighted by molar-refractivity contribution is 0.213. The molecule has 2 aromatic rings. The topological polar surface area (TPSA) is 59.1 Å². The normalized spacial score (nSPS) is 22.7. The number of hydrogen-bond donors (Lipinski definition) is 1. The van der Waals surface area contributed by atoms with Gasteiger partial charge in [-0.05, 0) is 25.5 Å². The Kier molecular flexibility index (Phi) is 4.59. The van der Waals surface area contributed by atoms with Crippen LogP contribution in [-0.4, -0.2) is 55.8 Å². The van der Waals surface area contributed by atoms with E-state index in [2.05, 4.69) is 35.1 Å². The summed E-state index contributed by atoms with van der Waals surface area (Å²) in [6.45, 7) is 8.27. The molecular formula is C16H25N5O. The van der Waals surface area contributed by atoms with Gasteiger partial charge in [0, 0.05) is 62.7 Å². The minimum Gasteiger partial charge on any atom is -0.396 e. The number of aliphatic hydroxyl groups is 1. The highest BCUT2D eigenvalue weighted by atomic mass is 16.3. The first-order valence-corrected chi connectivity index (χ1v) is 8.02. The molecule has 0 radical (unpaired) electrons. The van der Waals surface area contributed by atoms with Crippen LogP contribution in [0.15, 0.2) is 30.9 Å². The minimum atomic E-state index is 0.232. The van der Waals surface area contributed by atoms with Crippen LogP contribution < -0.4 is 0 Å². The lowest BCUT2D eigenvalue weighted by Gasteiger charge is -2.15. The molecule has 2 aromatic heterocycles. The van der Waals surface area contributed by atoms with Crippen LogP contribution >= 0.6 is 0 Å². The van der Waals surface area contributed by atoms with Gasteiger partial charge in [-0.3, -0.25) is 9.36 Å². The third-order valence-corrected chi connectivity index (χ3v) is 4.53. The number of likely N-dealkylation sites (tertiary alicyclic amines) is 1. The van der Waals surface area contributed by atoms with Crippen molar-refractivity contribution in [2.24, 2.45) is 5.92 Å². The molecule has 1 N–H and O–H groups in total. The van der Waals surface area contributed by atoms with Crippen molar-refractivity contribution in [2.45, 2.75) is 32.4 Å². The molecule has 22 heavy (non-hydrogen) atoms. The summed E-state index contributed by atoms with van der Waals surface area (Å²) in [6.07, 6.45) is 7.90. The maximum absolute atomic E-state index is 9.71. The van der Waals surface area contributed by atoms with Gasteiger partial charge in [0.05, 0.1) is 12.7 Å². The Bertz CT molecular complexity index is 577. The second kappa shape index (κ2) is 6.62. The fraction of sp³-hybridized carbons (Fsp3) is 0.625. The van der Waals surface area contributed by atoms with Crippen molar-refractivity contribution >= 4 is 0 Å². The number of rotatable bonds is 6. The quantitative estimate of drug-likeness (QED) is 0.875. The van der Waals surface area contributed by atoms with Gasteiger partial charge in [0.1, 0.15) is 0 Å². The fourth-order valence-corrected chi connectivity index (χ4v) is 3.21. The predicted octanol–water partition coefficient (Wildman–Crippen LogP) is 1.37. The van der Waals surface area contributed by atoms with Crippen molar-refractivity contribution < 1.29 is 5.11 Å². The molecular weight excluding hydrogens is 278 g/mol. The summed E-state index contributed by atoms with van der Waals surface area (Å²) in [5.74, 6) is 0.664. The SMILES string of the molecule is CC(C)n1cc([C@@H]2CN(CCn3cccn3)C[C@H]2CO)cn1. The van der Waals surface area contributed by atoms with Gasteiger partial charge in [0.25, 0.3) is 0 Å². The van der Waals surface area contributed by atoms with E-state index in [0.29, 0.717) is 17.9 Å². The van der Waals surface area contributed by atoms with Crippen LogP contribution in [0.5, 0.6) is 0 Å². The van der Waals surface area contributed by atoms with Gasteiger partial charge in [-0.1, -0.05) is 0 Å². The maximum Gasteiger partial charge on any atom is 0.0536 e. The molecule has 0 spiro atoms. The molecule has 6 nitrogen and oxygen atoms in total. The Morgan fingerprint density at radius 2 is 2.14 bits per heavy atom. The van der Waals surface area contributed by atoms with E-state index >= 15 is 0 Å². The van der Waals surface area contributed by atoms with Crippen LogP contribution in [0.3, 0.4) is 0 Å². The van der Waals surface area contributed by atoms with E-state index < -0.39 is 0 Å². The maximum atomic E-state index is 9.71. The van der Waals surface area contributed by atoms with Crippen molar-refractivity contribution in [1.82, 2.24) is 24.5 Å². The highest BCUT2D eigenvalue weighted by Gasteiger charge is 2.33. The van der Waals surface area contributed by atoms with Crippen molar-refractivity contribution in [2.75, 3.05) is 26.2 Å². The summed E-state index contributed by atoms with van der Waals surface area (Å²) in [7, 11) is 0. The molecule has 3 heterocycles. The second-order valence-electron chi connectivity index (χ2n) is 6.43. The van der Waals surface area contributed by atoms with Crippen molar-refractivity contribution in [3.8, 4) is 0 Å². The van der Waals surface area contributed by atoms with Gasteiger partial charge in [0.2, 0.25) is 0 Å². The molecule has 0 saturated carbocycles. The van der Waals surface area contributed by atoms with Crippen LogP contribution in [0, 0.1) is 5.92 Å². The molecule has 0 amide bonds. The Morgan fingerprint density at radius 1 is 1.27 bits per heavy atom. The third-order valence-electron chi connectivity index (χ3n) is 4.53. The zero-order chi connectivity index (χ0) is 15.5. The van der Waals surface area contributed by atoms with E-state index in [1.807, 2.05) is 34.0 Å². The molecule has 3 rings (SSSR count). The third kappa shape index (κ3) is 3.23. The first-order chi connectivity index (χ1) is 10.7. The van der Waals surface area contributed by atoms with Crippen LogP contribution in [-0.2, 0) is 6.54 Å². The van der Waals surface area contributed by atoms with E-state index in [0.717, 1.165) is 26.2 Å². The molecule has 0 aromatic carbocycles. The van der Waals surface area contributed by atoms with Gasteiger partial charge in [0.15, 0.2) is 0 Å². The van der Waals surface area contributed by atoms with Crippen molar-refractivity contribution in [3.05, 3.63) is 36.4 Å². The molecule has 1 saturated heterocycles. The summed E-state index contributed by atoms with van der Waals surface area (Å²) in [4.78, 5) is 2.42. The van der Waals surface area contributed by atoms with Gasteiger partial charge >= 0.3 is 0 Å². The summed E-state index contributed by atoms with van der Waals surface area (Å²) >= 11 is 0. The smallest absolute Gasteiger partial charge is 0.0536 e. The lowest BCUT2D eigenvalue weighted by Crippen LogP contribution is -2.26. The van der Waals surface area contributed by atoms with Crippen LogP contribution in [0.1, 0.15) is 31.4 Å². The van der Waals surface area contributed by atoms with E-state index in [4.69, 9.17) is 0 Å². The highest BCUT2D eigenvalue weighted by Crippen LogP contribution is 2.32. The molecule has 1 fully saturated rings. The summed E-state index contributed by atoms with van der Waals surface area (Å²) in [5.41, 5.74) is 1.24. The van der Waals surface area contributed by atoms with Gasteiger partial charge in [-0.25, -0.2) is 0 Å². The van der Waals surface area contributed by atoms with E-state index in [9.17, 15) is 5.11 Å². The molecule has 6 heteroatoms. The zero-order valence-electron chi connectivity index (χ0n) is 13.3. The molecule has 0 bridgehead atoms. The summed E-state index contributed by atoms with van der Waals surface area (Å²) in [5, 5.41) is 18.4. The largest absolute Gasteiger partial charge is 0.396 e. The molecule has 0 unspecified atom stereocenters. The highest BCUT2D eigenvalue weighted by molar-refractivity contribution is 5.16. The van der Waals surface area contributed by atoms with Crippen LogP contribution in [0.25, 0.3) is 0 Å². The predicted molar refractivity (Wildman–Crippen MR) is 84.6 cm³/mol. The Balaban J connectivity index is 1.63. The molecule has 2 atom stereocenters. The fourth-order valence-electron chi connectivity index (χ4n) is 3.21. The second-order valence-corrected chi connectivity index (χ2v) is 6.43. The van der Waals surface area contributed by atoms with Gasteiger partial charge in [-0.2, -0.15) is 10.2 Å². The minimum absolute atomic E-state index is 0.232. The standard InChI is InChI=1S/C16H25N5O/c1-13(2)21-10-14(8-18-21)16-11-19(9-15(16)12-22)6-7-20-5-3-4-17-20/h3-5,8,10,13,15-16,22H,6-7,9,11-12H2,1-2H3/t15-,16-/m0/s1. The number of aromatic nitrogens is 4. The Labute approximate surface area is 131 Å². The molecule has 1 aliphatic heterocycles. The van der Waals surface area contributed by atoms with E-state index in [1.54, 1.807) is 0 Å². The van der Waals surface area contributed by atoms with Crippen LogP contribution in [0.2, 0.25) is 0 Å². The van der Waals surface area contributed by atoms with Crippen molar-refractivity contribution in [3.63, 3.8) is 0 Å². The van der Waals surface area contributed by atoms with Crippen molar-refractivity contribution in [1.29, 1.82) is 0 Å². The lowest BCUT2D eigenvalue weighted by atomic mass is 9.92. The number of aliphatic hydroxyl groups excluding tert-OH is 1. The van der Waals surface area contributed by atoms with E-state index in [-0.39, 0.29) is 6.61 Å². The molecule has 120 valence electrons. The summed E-state index contributed by atoms with van der Waals surface area (Å²) in [6, 6.07) is 2.32. The van der Waals surface area contributed by atoms with Gasteiger partial charge in [-0.15, -0.1) is 0 Å². The average Bonchev–Trinajstić information content (AvgIpc) is 3.24. The molecule has 1 aliphatic rings. The number of hydrogen-bond acceptors (Lipinski definition) is 4. The zero-order valence-corrected chi connectivity index (χ0v) is 13.3. The molecule has 0 aliphatic carbocycles. The first-order valence-electron chi connectivity index (χ1n) is 8.02. The Hall–Kier alpha value is -1.66. The van der Waals surface area contributed by atoms with E-state index in [1.165, 1.54) is 5.56 Å². The Morgan fingerprint density at radius 3 is 2.77 bits per heavy atom. The van der Waals surface area contributed by atoms with Crippen LogP contribution in [0.4, 0.5) is 0 Å².